The SMILES string of the molecule is Cc1cn([C@H]2C[C@H](I)[C@@H](OCP(=O)(Oc3ccccc3)Oc3ccccc3)O2)c(=O)[nH]c1=O. The third-order valence-electron chi connectivity index (χ3n) is 4.84. The highest BCUT2D eigenvalue weighted by atomic mass is 127. The molecule has 1 fully saturated rings. The van der Waals surface area contributed by atoms with Crippen molar-refractivity contribution in [2.75, 3.05) is 6.35 Å². The molecule has 11 heteroatoms. The van der Waals surface area contributed by atoms with Gasteiger partial charge in [0.1, 0.15) is 17.7 Å². The molecule has 1 saturated heterocycles. The molecule has 0 aliphatic carbocycles. The van der Waals surface area contributed by atoms with Gasteiger partial charge in [0.05, 0.1) is 3.92 Å². The summed E-state index contributed by atoms with van der Waals surface area (Å²) in [6, 6.07) is 17.4. The molecule has 0 saturated carbocycles. The number of alkyl halides is 1. The Morgan fingerprint density at radius 1 is 1.06 bits per heavy atom. The molecule has 174 valence electrons. The van der Waals surface area contributed by atoms with Crippen LogP contribution in [0.3, 0.4) is 0 Å². The van der Waals surface area contributed by atoms with Gasteiger partial charge < -0.3 is 18.5 Å². The fraction of sp³-hybridized carbons (Fsp3) is 0.273. The highest BCUT2D eigenvalue weighted by Crippen LogP contribution is 2.49. The molecule has 1 aromatic heterocycles. The van der Waals surface area contributed by atoms with Crippen LogP contribution in [0.2, 0.25) is 0 Å². The quantitative estimate of drug-likeness (QED) is 0.240. The fourth-order valence-corrected chi connectivity index (χ4v) is 5.41. The van der Waals surface area contributed by atoms with E-state index in [0.29, 0.717) is 23.5 Å². The topological polar surface area (TPSA) is 109 Å². The second kappa shape index (κ2) is 10.3. The molecule has 33 heavy (non-hydrogen) atoms. The molecule has 0 spiro atoms. The van der Waals surface area contributed by atoms with Crippen LogP contribution >= 0.6 is 30.2 Å². The Labute approximate surface area is 203 Å². The molecule has 2 aromatic carbocycles. The largest absolute Gasteiger partial charge is 0.456 e. The van der Waals surface area contributed by atoms with Gasteiger partial charge in [0.25, 0.3) is 5.56 Å². The second-order valence-electron chi connectivity index (χ2n) is 7.40. The minimum absolute atomic E-state index is 0.145. The molecular formula is C22H22IN2O7P. The van der Waals surface area contributed by atoms with Crippen LogP contribution in [0.25, 0.3) is 0 Å². The van der Waals surface area contributed by atoms with Crippen LogP contribution in [0.1, 0.15) is 18.2 Å². The number of H-pyrrole nitrogens is 1. The lowest BCUT2D eigenvalue weighted by molar-refractivity contribution is -0.138. The van der Waals surface area contributed by atoms with Gasteiger partial charge in [-0.05, 0) is 31.2 Å². The molecular weight excluding hydrogens is 562 g/mol. The smallest absolute Gasteiger partial charge is 0.415 e. The van der Waals surface area contributed by atoms with Gasteiger partial charge in [-0.2, -0.15) is 0 Å². The summed E-state index contributed by atoms with van der Waals surface area (Å²) in [6.07, 6.45) is 0.151. The zero-order valence-corrected chi connectivity index (χ0v) is 20.7. The van der Waals surface area contributed by atoms with E-state index in [-0.39, 0.29) is 10.3 Å². The van der Waals surface area contributed by atoms with Crippen LogP contribution in [0, 0.1) is 6.92 Å². The summed E-state index contributed by atoms with van der Waals surface area (Å²) in [5.74, 6) is 0.763. The number of hydrogen-bond donors (Lipinski definition) is 1. The first-order valence-corrected chi connectivity index (χ1v) is 13.1. The number of ether oxygens (including phenoxy) is 2. The maximum Gasteiger partial charge on any atom is 0.456 e. The van der Waals surface area contributed by atoms with E-state index in [4.69, 9.17) is 18.5 Å². The molecule has 0 bridgehead atoms. The molecule has 4 rings (SSSR count). The Bertz CT molecular complexity index is 1200. The summed E-state index contributed by atoms with van der Waals surface area (Å²) in [7, 11) is -3.78. The van der Waals surface area contributed by atoms with Gasteiger partial charge in [0.2, 0.25) is 0 Å². The van der Waals surface area contributed by atoms with Crippen molar-refractivity contribution in [2.24, 2.45) is 0 Å². The Morgan fingerprint density at radius 2 is 1.64 bits per heavy atom. The second-order valence-corrected chi connectivity index (χ2v) is 10.8. The number of rotatable bonds is 8. The lowest BCUT2D eigenvalue weighted by Gasteiger charge is -2.23. The van der Waals surface area contributed by atoms with E-state index in [0.717, 1.165) is 0 Å². The van der Waals surface area contributed by atoms with Crippen molar-refractivity contribution >= 4 is 30.2 Å². The zero-order chi connectivity index (χ0) is 23.4. The Morgan fingerprint density at radius 3 is 2.21 bits per heavy atom. The monoisotopic (exact) mass is 584 g/mol. The lowest BCUT2D eigenvalue weighted by Crippen LogP contribution is -2.33. The van der Waals surface area contributed by atoms with Crippen molar-refractivity contribution in [1.82, 2.24) is 9.55 Å². The Balaban J connectivity index is 1.49. The maximum absolute atomic E-state index is 13.6. The molecule has 1 aliphatic heterocycles. The minimum Gasteiger partial charge on any atom is -0.415 e. The van der Waals surface area contributed by atoms with E-state index < -0.39 is 31.4 Å². The number of aromatic amines is 1. The predicted octanol–water partition coefficient (Wildman–Crippen LogP) is 4.22. The van der Waals surface area contributed by atoms with E-state index in [1.807, 2.05) is 12.1 Å². The number of nitrogens with zero attached hydrogens (tertiary/aromatic N) is 1. The van der Waals surface area contributed by atoms with Crippen molar-refractivity contribution in [3.8, 4) is 11.5 Å². The van der Waals surface area contributed by atoms with E-state index in [9.17, 15) is 14.2 Å². The predicted molar refractivity (Wildman–Crippen MR) is 130 cm³/mol. The summed E-state index contributed by atoms with van der Waals surface area (Å²) < 4.78 is 37.9. The third kappa shape index (κ3) is 5.94. The highest BCUT2D eigenvalue weighted by Gasteiger charge is 2.39. The average molecular weight is 584 g/mol. The Hall–Kier alpha value is -2.40. The first kappa shape index (κ1) is 23.7. The van der Waals surface area contributed by atoms with Crippen molar-refractivity contribution in [3.05, 3.63) is 93.3 Å². The molecule has 9 nitrogen and oxygen atoms in total. The number of hydrogen-bond acceptors (Lipinski definition) is 7. The van der Waals surface area contributed by atoms with Crippen molar-refractivity contribution in [1.29, 1.82) is 0 Å². The first-order chi connectivity index (χ1) is 15.8. The van der Waals surface area contributed by atoms with E-state index >= 15 is 0 Å². The van der Waals surface area contributed by atoms with Crippen LogP contribution in [0.15, 0.2) is 76.4 Å². The van der Waals surface area contributed by atoms with Crippen LogP contribution in [0.5, 0.6) is 11.5 Å². The van der Waals surface area contributed by atoms with Crippen LogP contribution in [-0.2, 0) is 14.0 Å². The molecule has 0 amide bonds. The molecule has 0 unspecified atom stereocenters. The van der Waals surface area contributed by atoms with Crippen molar-refractivity contribution < 1.29 is 23.1 Å². The molecule has 1 N–H and O–H groups in total. The van der Waals surface area contributed by atoms with E-state index in [1.165, 1.54) is 10.8 Å². The van der Waals surface area contributed by atoms with Crippen molar-refractivity contribution in [2.45, 2.75) is 29.8 Å². The lowest BCUT2D eigenvalue weighted by atomic mass is 10.3. The zero-order valence-electron chi connectivity index (χ0n) is 17.6. The number of aryl methyl sites for hydroxylation is 1. The maximum atomic E-state index is 13.6. The van der Waals surface area contributed by atoms with Gasteiger partial charge in [-0.25, -0.2) is 9.36 Å². The van der Waals surface area contributed by atoms with Crippen molar-refractivity contribution in [3.63, 3.8) is 0 Å². The summed E-state index contributed by atoms with van der Waals surface area (Å²) in [6.45, 7) is 1.61. The van der Waals surface area contributed by atoms with Crippen LogP contribution in [-0.4, -0.2) is 26.1 Å². The van der Waals surface area contributed by atoms with Crippen LogP contribution < -0.4 is 20.3 Å². The van der Waals surface area contributed by atoms with Gasteiger partial charge in [0.15, 0.2) is 12.6 Å². The number of halogens is 1. The fourth-order valence-electron chi connectivity index (χ4n) is 3.24. The van der Waals surface area contributed by atoms with E-state index in [2.05, 4.69) is 27.6 Å². The molecule has 0 radical (unpaired) electrons. The highest BCUT2D eigenvalue weighted by molar-refractivity contribution is 14.1. The number of aromatic nitrogens is 2. The Kier molecular flexibility index (Phi) is 7.38. The standard InChI is InChI=1S/C22H22IN2O7P/c1-15-13-25(22(27)24-20(15)26)19-12-18(23)21(30-19)29-14-33(28,31-16-8-4-2-5-9-16)32-17-10-6-3-7-11-17/h2-11,13,18-19,21H,12,14H2,1H3,(H,24,26,27)/t18-,19+,21-/m0/s1. The van der Waals surface area contributed by atoms with Gasteiger partial charge in [0, 0.05) is 18.2 Å². The number of nitrogens with one attached hydrogen (secondary N) is 1. The molecule has 2 heterocycles. The van der Waals surface area contributed by atoms with Gasteiger partial charge in [-0.3, -0.25) is 14.3 Å². The normalized spacial score (nSPS) is 20.5. The van der Waals surface area contributed by atoms with Gasteiger partial charge in [-0.1, -0.05) is 59.0 Å². The van der Waals surface area contributed by atoms with Gasteiger partial charge in [-0.15, -0.1) is 0 Å². The summed E-state index contributed by atoms with van der Waals surface area (Å²) in [5, 5.41) is 0. The van der Waals surface area contributed by atoms with E-state index in [1.54, 1.807) is 55.5 Å². The van der Waals surface area contributed by atoms with Crippen LogP contribution in [0.4, 0.5) is 0 Å². The third-order valence-corrected chi connectivity index (χ3v) is 7.38. The average Bonchev–Trinajstić information content (AvgIpc) is 3.16. The summed E-state index contributed by atoms with van der Waals surface area (Å²) >= 11 is 2.15. The molecule has 1 aliphatic rings. The summed E-state index contributed by atoms with van der Waals surface area (Å²) in [5.41, 5.74) is -0.611. The molecule has 3 atom stereocenters. The minimum atomic E-state index is -3.78. The number of para-hydroxylation sites is 2. The first-order valence-electron chi connectivity index (χ1n) is 10.1. The number of benzene rings is 2. The van der Waals surface area contributed by atoms with Gasteiger partial charge >= 0.3 is 13.3 Å². The molecule has 3 aromatic rings. The summed E-state index contributed by atoms with van der Waals surface area (Å²) in [4.78, 5) is 26.1.